The van der Waals surface area contributed by atoms with E-state index in [4.69, 9.17) is 18.1 Å². The molecule has 0 bridgehead atoms. The van der Waals surface area contributed by atoms with E-state index in [9.17, 15) is 0 Å². The van der Waals surface area contributed by atoms with Crippen LogP contribution < -0.4 is 0 Å². The van der Waals surface area contributed by atoms with E-state index >= 15 is 0 Å². The zero-order valence-electron chi connectivity index (χ0n) is 30.5. The molecule has 0 aliphatic rings. The van der Waals surface area contributed by atoms with Crippen molar-refractivity contribution in [1.29, 1.82) is 0 Å². The van der Waals surface area contributed by atoms with Crippen LogP contribution in [0.4, 0.5) is 0 Å². The second-order valence-electron chi connectivity index (χ2n) is 9.36. The summed E-state index contributed by atoms with van der Waals surface area (Å²) in [6.45, 7) is 0. The van der Waals surface area contributed by atoms with E-state index in [0.717, 1.165) is 38.3 Å². The van der Waals surface area contributed by atoms with Crippen molar-refractivity contribution < 1.29 is 18.1 Å². The highest BCUT2D eigenvalue weighted by Crippen LogP contribution is 2.44. The standard InChI is InChI=1S/C38H24O/c1-3-11-25(12-4-1)28-16-9-18-31-33(28)24-34-29(26-13-5-2-6-14-26)17-10-19-32(34)38(31)27-21-22-37-35(23-27)30-15-7-8-20-36(30)39-37/h1-24H/i1D,2D,3D,4D,5D,6D,11D,12D,13D,14D. The van der Waals surface area contributed by atoms with Crippen LogP contribution in [-0.4, -0.2) is 0 Å². The third-order valence-corrected chi connectivity index (χ3v) is 7.24. The Morgan fingerprint density at radius 3 is 1.62 bits per heavy atom. The van der Waals surface area contributed by atoms with Crippen molar-refractivity contribution in [3.63, 3.8) is 0 Å². The monoisotopic (exact) mass is 506 g/mol. The SMILES string of the molecule is [2H]c1c([2H])c([2H])c(-c2cccc3c(-c4ccc5oc6ccccc6c5c4)c4cccc(-c5c([2H])c([2H])c([2H])c([2H])c5[2H])c4cc23)c([2H])c1[2H]. The molecule has 8 rings (SSSR count). The molecule has 8 aromatic rings. The van der Waals surface area contributed by atoms with Gasteiger partial charge in [0.1, 0.15) is 11.2 Å². The van der Waals surface area contributed by atoms with Crippen molar-refractivity contribution >= 4 is 43.5 Å². The number of fused-ring (bicyclic) bond motifs is 5. The maximum absolute atomic E-state index is 8.79. The summed E-state index contributed by atoms with van der Waals surface area (Å²) in [6.07, 6.45) is 0. The molecule has 39 heavy (non-hydrogen) atoms. The molecule has 7 aromatic carbocycles. The van der Waals surface area contributed by atoms with E-state index in [0.29, 0.717) is 27.5 Å². The van der Waals surface area contributed by atoms with Gasteiger partial charge in [0.2, 0.25) is 0 Å². The average Bonchev–Trinajstić information content (AvgIpc) is 3.49. The minimum absolute atomic E-state index is 0.0403. The molecule has 1 heteroatoms. The van der Waals surface area contributed by atoms with Gasteiger partial charge in [-0.1, -0.05) is 121 Å². The molecule has 1 aromatic heterocycles. The van der Waals surface area contributed by atoms with Crippen LogP contribution in [0.1, 0.15) is 13.7 Å². The van der Waals surface area contributed by atoms with Gasteiger partial charge in [0.05, 0.1) is 13.7 Å². The molecule has 182 valence electrons. The second-order valence-corrected chi connectivity index (χ2v) is 9.36. The average molecular weight is 507 g/mol. The molecule has 0 spiro atoms. The van der Waals surface area contributed by atoms with Crippen molar-refractivity contribution in [1.82, 2.24) is 0 Å². The molecule has 0 unspecified atom stereocenters. The maximum atomic E-state index is 8.79. The molecule has 0 saturated carbocycles. The van der Waals surface area contributed by atoms with Gasteiger partial charge in [0.25, 0.3) is 0 Å². The van der Waals surface area contributed by atoms with Gasteiger partial charge >= 0.3 is 0 Å². The van der Waals surface area contributed by atoms with E-state index in [1.807, 2.05) is 60.7 Å². The first-order valence-electron chi connectivity index (χ1n) is 17.5. The van der Waals surface area contributed by atoms with Crippen LogP contribution in [0.3, 0.4) is 0 Å². The molecule has 0 aliphatic heterocycles. The fourth-order valence-electron chi connectivity index (χ4n) is 5.56. The van der Waals surface area contributed by atoms with Gasteiger partial charge in [-0.05, 0) is 79.2 Å². The first kappa shape index (κ1) is 14.1. The topological polar surface area (TPSA) is 13.1 Å². The van der Waals surface area contributed by atoms with Crippen LogP contribution in [0.5, 0.6) is 0 Å². The Labute approximate surface area is 240 Å². The highest BCUT2D eigenvalue weighted by Gasteiger charge is 2.17. The van der Waals surface area contributed by atoms with Crippen LogP contribution >= 0.6 is 0 Å². The van der Waals surface area contributed by atoms with E-state index in [1.54, 1.807) is 24.3 Å². The van der Waals surface area contributed by atoms with Crippen molar-refractivity contribution in [2.75, 3.05) is 0 Å². The number of benzene rings is 7. The molecule has 0 aliphatic carbocycles. The van der Waals surface area contributed by atoms with Gasteiger partial charge in [0.15, 0.2) is 0 Å². The molecule has 0 radical (unpaired) electrons. The van der Waals surface area contributed by atoms with Gasteiger partial charge in [-0.15, -0.1) is 0 Å². The molecule has 0 N–H and O–H groups in total. The lowest BCUT2D eigenvalue weighted by Gasteiger charge is -2.17. The van der Waals surface area contributed by atoms with Crippen LogP contribution in [0.25, 0.3) is 76.9 Å². The fraction of sp³-hybridized carbons (Fsp3) is 0. The van der Waals surface area contributed by atoms with Crippen molar-refractivity contribution in [3.05, 3.63) is 145 Å². The van der Waals surface area contributed by atoms with Gasteiger partial charge in [-0.2, -0.15) is 0 Å². The van der Waals surface area contributed by atoms with Crippen LogP contribution in [0.15, 0.2) is 150 Å². The summed E-state index contributed by atoms with van der Waals surface area (Å²) in [5.74, 6) is 0. The summed E-state index contributed by atoms with van der Waals surface area (Å²) in [6, 6.07) is 22.1. The molecule has 0 atom stereocenters. The van der Waals surface area contributed by atoms with Crippen molar-refractivity contribution in [3.8, 4) is 33.4 Å². The minimum Gasteiger partial charge on any atom is -0.456 e. The lowest BCUT2D eigenvalue weighted by Crippen LogP contribution is -1.90. The third-order valence-electron chi connectivity index (χ3n) is 7.24. The van der Waals surface area contributed by atoms with Gasteiger partial charge in [-0.3, -0.25) is 0 Å². The largest absolute Gasteiger partial charge is 0.456 e. The lowest BCUT2D eigenvalue weighted by molar-refractivity contribution is 0.669. The third kappa shape index (κ3) is 3.48. The highest BCUT2D eigenvalue weighted by atomic mass is 16.3. The smallest absolute Gasteiger partial charge is 0.135 e. The summed E-state index contributed by atoms with van der Waals surface area (Å²) in [5, 5.41) is 4.44. The molecular formula is C38H24O. The molecular weight excluding hydrogens is 472 g/mol. The fourth-order valence-corrected chi connectivity index (χ4v) is 5.56. The molecule has 0 amide bonds. The number of furan rings is 1. The zero-order valence-corrected chi connectivity index (χ0v) is 20.5. The number of hydrogen-bond acceptors (Lipinski definition) is 1. The maximum Gasteiger partial charge on any atom is 0.135 e. The first-order valence-corrected chi connectivity index (χ1v) is 12.5. The first-order chi connectivity index (χ1) is 23.5. The van der Waals surface area contributed by atoms with E-state index in [1.165, 1.54) is 0 Å². The van der Waals surface area contributed by atoms with Crippen LogP contribution in [0, 0.1) is 0 Å². The Balaban J connectivity index is 1.57. The van der Waals surface area contributed by atoms with E-state index in [2.05, 4.69) is 0 Å². The predicted molar refractivity (Wildman–Crippen MR) is 165 cm³/mol. The van der Waals surface area contributed by atoms with E-state index < -0.39 is 36.3 Å². The second kappa shape index (κ2) is 8.72. The Kier molecular flexibility index (Phi) is 3.16. The molecule has 1 nitrogen and oxygen atoms in total. The Morgan fingerprint density at radius 1 is 0.410 bits per heavy atom. The minimum atomic E-state index is -0.491. The van der Waals surface area contributed by atoms with Crippen molar-refractivity contribution in [2.24, 2.45) is 0 Å². The molecule has 0 saturated heterocycles. The van der Waals surface area contributed by atoms with Crippen LogP contribution in [0.2, 0.25) is 0 Å². The van der Waals surface area contributed by atoms with Gasteiger partial charge < -0.3 is 4.42 Å². The molecule has 0 fully saturated rings. The summed E-state index contributed by atoms with van der Waals surface area (Å²) in [5.41, 5.74) is 3.91. The number of hydrogen-bond donors (Lipinski definition) is 0. The zero-order chi connectivity index (χ0) is 34.5. The molecule has 1 heterocycles. The summed E-state index contributed by atoms with van der Waals surface area (Å²) in [7, 11) is 0. The van der Waals surface area contributed by atoms with Crippen LogP contribution in [-0.2, 0) is 0 Å². The predicted octanol–water partition coefficient (Wildman–Crippen LogP) is 10.9. The van der Waals surface area contributed by atoms with Crippen molar-refractivity contribution in [2.45, 2.75) is 0 Å². The summed E-state index contributed by atoms with van der Waals surface area (Å²) in [4.78, 5) is 0. The normalized spacial score (nSPS) is 15.2. The number of rotatable bonds is 3. The lowest BCUT2D eigenvalue weighted by atomic mass is 9.86. The highest BCUT2D eigenvalue weighted by molar-refractivity contribution is 6.20. The Morgan fingerprint density at radius 2 is 0.974 bits per heavy atom. The number of para-hydroxylation sites is 1. The Bertz CT molecular complexity index is 2540. The van der Waals surface area contributed by atoms with E-state index in [-0.39, 0.29) is 35.3 Å². The Hall–Kier alpha value is -5.14. The summed E-state index contributed by atoms with van der Waals surface area (Å²) < 4.78 is 91.0. The van der Waals surface area contributed by atoms with Gasteiger partial charge in [0, 0.05) is 10.8 Å². The quantitative estimate of drug-likeness (QED) is 0.217. The summed E-state index contributed by atoms with van der Waals surface area (Å²) >= 11 is 0. The van der Waals surface area contributed by atoms with Gasteiger partial charge in [-0.25, -0.2) is 0 Å².